The van der Waals surface area contributed by atoms with Gasteiger partial charge in [-0.15, -0.1) is 0 Å². The lowest BCUT2D eigenvalue weighted by Gasteiger charge is -2.26. The van der Waals surface area contributed by atoms with Crippen molar-refractivity contribution in [1.82, 2.24) is 4.90 Å². The third kappa shape index (κ3) is 5.36. The highest BCUT2D eigenvalue weighted by Crippen LogP contribution is 2.23. The number of benzene rings is 2. The molecular formula is C21H16Cl2N2O4. The second-order valence-electron chi connectivity index (χ2n) is 6.16. The number of nitrogens with zero attached hydrogens (tertiary/aromatic N) is 2. The zero-order valence-corrected chi connectivity index (χ0v) is 16.7. The second-order valence-corrected chi connectivity index (χ2v) is 7.00. The highest BCUT2D eigenvalue weighted by molar-refractivity contribution is 6.36. The summed E-state index contributed by atoms with van der Waals surface area (Å²) in [6, 6.07) is 12.9. The number of rotatable bonds is 4. The van der Waals surface area contributed by atoms with E-state index in [9.17, 15) is 14.9 Å². The fourth-order valence-electron chi connectivity index (χ4n) is 2.69. The van der Waals surface area contributed by atoms with Gasteiger partial charge in [-0.2, -0.15) is 5.26 Å². The molecule has 6 nitrogen and oxygen atoms in total. The lowest BCUT2D eigenvalue weighted by Crippen LogP contribution is -2.41. The zero-order valence-electron chi connectivity index (χ0n) is 15.2. The number of hydrogen-bond acceptors (Lipinski definition) is 5. The van der Waals surface area contributed by atoms with Crippen molar-refractivity contribution in [2.45, 2.75) is 0 Å². The molecule has 0 unspecified atom stereocenters. The lowest BCUT2D eigenvalue weighted by atomic mass is 10.1. The van der Waals surface area contributed by atoms with Gasteiger partial charge in [-0.05, 0) is 42.0 Å². The number of amides is 1. The van der Waals surface area contributed by atoms with Crippen LogP contribution in [0.3, 0.4) is 0 Å². The third-order valence-corrected chi connectivity index (χ3v) is 4.75. The number of nitriles is 1. The Bertz CT molecular complexity index is 991. The van der Waals surface area contributed by atoms with Crippen molar-refractivity contribution in [1.29, 1.82) is 5.26 Å². The maximum absolute atomic E-state index is 12.4. The van der Waals surface area contributed by atoms with Gasteiger partial charge in [0.05, 0.1) is 23.8 Å². The molecule has 1 fully saturated rings. The average molecular weight is 431 g/mol. The summed E-state index contributed by atoms with van der Waals surface area (Å²) in [5.74, 6) is -0.643. The Morgan fingerprint density at radius 1 is 1.10 bits per heavy atom. The summed E-state index contributed by atoms with van der Waals surface area (Å²) < 4.78 is 10.5. The van der Waals surface area contributed by atoms with Crippen molar-refractivity contribution < 1.29 is 19.1 Å². The molecule has 0 saturated carbocycles. The van der Waals surface area contributed by atoms with Gasteiger partial charge in [-0.3, -0.25) is 4.79 Å². The van der Waals surface area contributed by atoms with Gasteiger partial charge in [-0.1, -0.05) is 35.3 Å². The summed E-state index contributed by atoms with van der Waals surface area (Å²) in [5, 5.41) is 9.96. The van der Waals surface area contributed by atoms with E-state index in [0.717, 1.165) is 0 Å². The van der Waals surface area contributed by atoms with Crippen molar-refractivity contribution in [3.63, 3.8) is 0 Å². The van der Waals surface area contributed by atoms with Gasteiger partial charge in [0.2, 0.25) is 0 Å². The number of morpholine rings is 1. The Balaban J connectivity index is 1.70. The molecule has 1 aliphatic heterocycles. The summed E-state index contributed by atoms with van der Waals surface area (Å²) >= 11 is 11.8. The molecule has 0 radical (unpaired) electrons. The van der Waals surface area contributed by atoms with Crippen LogP contribution >= 0.6 is 23.2 Å². The van der Waals surface area contributed by atoms with Crippen molar-refractivity contribution >= 4 is 41.2 Å². The first kappa shape index (κ1) is 20.9. The Labute approximate surface area is 177 Å². The van der Waals surface area contributed by atoms with Crippen LogP contribution in [-0.4, -0.2) is 43.1 Å². The van der Waals surface area contributed by atoms with Crippen LogP contribution in [0.5, 0.6) is 5.75 Å². The number of hydrogen-bond donors (Lipinski definition) is 0. The summed E-state index contributed by atoms with van der Waals surface area (Å²) in [7, 11) is 0. The number of carbonyl (C=O) groups is 2. The van der Waals surface area contributed by atoms with Gasteiger partial charge < -0.3 is 14.4 Å². The molecule has 3 rings (SSSR count). The molecule has 2 aromatic rings. The molecule has 0 N–H and O–H groups in total. The molecule has 0 aliphatic carbocycles. The van der Waals surface area contributed by atoms with Gasteiger partial charge in [0.25, 0.3) is 5.91 Å². The van der Waals surface area contributed by atoms with Gasteiger partial charge >= 0.3 is 5.97 Å². The van der Waals surface area contributed by atoms with Gasteiger partial charge in [0.15, 0.2) is 0 Å². The van der Waals surface area contributed by atoms with Crippen molar-refractivity contribution in [3.8, 4) is 11.8 Å². The van der Waals surface area contributed by atoms with Crippen molar-refractivity contribution in [3.05, 3.63) is 69.2 Å². The van der Waals surface area contributed by atoms with E-state index in [1.807, 2.05) is 6.07 Å². The van der Waals surface area contributed by atoms with Crippen LogP contribution in [0.1, 0.15) is 15.9 Å². The van der Waals surface area contributed by atoms with Crippen LogP contribution in [-0.2, 0) is 9.53 Å². The fourth-order valence-corrected chi connectivity index (χ4v) is 3.18. The summed E-state index contributed by atoms with van der Waals surface area (Å²) in [4.78, 5) is 26.3. The van der Waals surface area contributed by atoms with Gasteiger partial charge in [0, 0.05) is 18.1 Å². The minimum absolute atomic E-state index is 0.0320. The Morgan fingerprint density at radius 2 is 1.79 bits per heavy atom. The molecule has 0 aromatic heterocycles. The van der Waals surface area contributed by atoms with E-state index < -0.39 is 5.97 Å². The minimum atomic E-state index is -0.616. The Hall–Kier alpha value is -2.85. The first-order chi connectivity index (χ1) is 14.0. The van der Waals surface area contributed by atoms with Crippen LogP contribution in [0.15, 0.2) is 48.0 Å². The monoisotopic (exact) mass is 430 g/mol. The zero-order chi connectivity index (χ0) is 20.8. The van der Waals surface area contributed by atoms with E-state index in [0.29, 0.717) is 42.6 Å². The molecule has 1 heterocycles. The molecule has 8 heteroatoms. The topological polar surface area (TPSA) is 79.6 Å². The van der Waals surface area contributed by atoms with Crippen LogP contribution < -0.4 is 4.74 Å². The normalized spacial score (nSPS) is 14.2. The molecule has 29 heavy (non-hydrogen) atoms. The predicted molar refractivity (Wildman–Crippen MR) is 109 cm³/mol. The van der Waals surface area contributed by atoms with Crippen molar-refractivity contribution in [2.75, 3.05) is 26.3 Å². The molecule has 1 amide bonds. The lowest BCUT2D eigenvalue weighted by molar-refractivity contribution is -0.130. The van der Waals surface area contributed by atoms with E-state index in [2.05, 4.69) is 0 Å². The summed E-state index contributed by atoms with van der Waals surface area (Å²) in [6.45, 7) is 1.84. The molecule has 0 atom stereocenters. The van der Waals surface area contributed by atoms with Gasteiger partial charge in [0.1, 0.15) is 17.4 Å². The number of carbonyl (C=O) groups excluding carboxylic acids is 2. The molecule has 0 spiro atoms. The van der Waals surface area contributed by atoms with Crippen LogP contribution in [0.25, 0.3) is 6.08 Å². The van der Waals surface area contributed by atoms with E-state index in [4.69, 9.17) is 32.7 Å². The number of ether oxygens (including phenoxy) is 2. The first-order valence-corrected chi connectivity index (χ1v) is 9.49. The molecule has 2 aromatic carbocycles. The van der Waals surface area contributed by atoms with Crippen LogP contribution in [0.4, 0.5) is 0 Å². The number of esters is 1. The van der Waals surface area contributed by atoms with Crippen LogP contribution in [0, 0.1) is 11.3 Å². The quantitative estimate of drug-likeness (QED) is 0.317. The number of halogens is 2. The fraction of sp³-hybridized carbons (Fsp3) is 0.190. The predicted octanol–water partition coefficient (Wildman–Crippen LogP) is 3.98. The second kappa shape index (κ2) is 9.57. The SMILES string of the molecule is N#C/C(=C\c1ccc(OC(=O)c2ccc(Cl)cc2Cl)cc1)C(=O)N1CCOCC1. The maximum Gasteiger partial charge on any atom is 0.345 e. The Morgan fingerprint density at radius 3 is 2.41 bits per heavy atom. The molecule has 148 valence electrons. The first-order valence-electron chi connectivity index (χ1n) is 8.74. The van der Waals surface area contributed by atoms with E-state index in [-0.39, 0.29) is 22.1 Å². The van der Waals surface area contributed by atoms with E-state index in [1.165, 1.54) is 18.2 Å². The summed E-state index contributed by atoms with van der Waals surface area (Å²) in [5.41, 5.74) is 0.861. The van der Waals surface area contributed by atoms with Gasteiger partial charge in [-0.25, -0.2) is 4.79 Å². The molecular weight excluding hydrogens is 415 g/mol. The highest BCUT2D eigenvalue weighted by Gasteiger charge is 2.20. The standard InChI is InChI=1S/C21H16Cl2N2O4/c22-16-3-6-18(19(23)12-16)21(27)29-17-4-1-14(2-5-17)11-15(13-24)20(26)25-7-9-28-10-8-25/h1-6,11-12H,7-10H2/b15-11+. The average Bonchev–Trinajstić information content (AvgIpc) is 2.73. The van der Waals surface area contributed by atoms with E-state index >= 15 is 0 Å². The molecule has 1 saturated heterocycles. The largest absolute Gasteiger partial charge is 0.423 e. The Kier molecular flexibility index (Phi) is 6.89. The van der Waals surface area contributed by atoms with E-state index in [1.54, 1.807) is 35.2 Å². The third-order valence-electron chi connectivity index (χ3n) is 4.20. The van der Waals surface area contributed by atoms with Crippen molar-refractivity contribution in [2.24, 2.45) is 0 Å². The highest BCUT2D eigenvalue weighted by atomic mass is 35.5. The smallest absolute Gasteiger partial charge is 0.345 e. The minimum Gasteiger partial charge on any atom is -0.423 e. The summed E-state index contributed by atoms with van der Waals surface area (Å²) in [6.07, 6.45) is 1.50. The molecule has 1 aliphatic rings. The van der Waals surface area contributed by atoms with Crippen LogP contribution in [0.2, 0.25) is 10.0 Å². The maximum atomic E-state index is 12.4. The molecule has 0 bridgehead atoms.